The highest BCUT2D eigenvalue weighted by Gasteiger charge is 2.52. The number of anilines is 1. The summed E-state index contributed by atoms with van der Waals surface area (Å²) in [5.41, 5.74) is 1.59. The Hall–Kier alpha value is -2.02. The fourth-order valence-electron chi connectivity index (χ4n) is 2.90. The zero-order chi connectivity index (χ0) is 20.0. The lowest BCUT2D eigenvalue weighted by atomic mass is 9.76. The van der Waals surface area contributed by atoms with Crippen molar-refractivity contribution in [3.63, 3.8) is 0 Å². The van der Waals surface area contributed by atoms with Gasteiger partial charge in [-0.2, -0.15) is 0 Å². The Bertz CT molecular complexity index is 882. The minimum absolute atomic E-state index is 0.153. The lowest BCUT2D eigenvalue weighted by Gasteiger charge is -2.32. The molecule has 1 fully saturated rings. The number of hydrogen-bond donors (Lipinski definition) is 2. The number of aromatic hydroxyl groups is 1. The normalized spacial score (nSPS) is 17.8. The number of nitrogens with one attached hydrogen (secondary N) is 1. The monoisotopic (exact) mass is 387 g/mol. The predicted octanol–water partition coefficient (Wildman–Crippen LogP) is 3.91. The first-order valence-corrected chi connectivity index (χ1v) is 9.15. The van der Waals surface area contributed by atoms with Crippen LogP contribution in [0, 0.1) is 6.92 Å². The van der Waals surface area contributed by atoms with Crippen LogP contribution in [0.3, 0.4) is 0 Å². The number of benzene rings is 2. The number of amides is 1. The maximum atomic E-state index is 12.6. The van der Waals surface area contributed by atoms with E-state index >= 15 is 0 Å². The van der Waals surface area contributed by atoms with Crippen molar-refractivity contribution in [1.29, 1.82) is 0 Å². The van der Waals surface area contributed by atoms with Gasteiger partial charge in [-0.3, -0.25) is 4.79 Å². The van der Waals surface area contributed by atoms with Crippen molar-refractivity contribution in [2.45, 2.75) is 45.8 Å². The van der Waals surface area contributed by atoms with Crippen LogP contribution in [0.2, 0.25) is 5.02 Å². The van der Waals surface area contributed by atoms with Gasteiger partial charge in [-0.25, -0.2) is 0 Å². The first kappa shape index (κ1) is 19.7. The summed E-state index contributed by atoms with van der Waals surface area (Å²) in [5, 5.41) is 13.2. The quantitative estimate of drug-likeness (QED) is 0.784. The van der Waals surface area contributed by atoms with Gasteiger partial charge in [0.2, 0.25) is 0 Å². The number of hydrogen-bond acceptors (Lipinski definition) is 4. The Labute approximate surface area is 164 Å². The van der Waals surface area contributed by atoms with E-state index < -0.39 is 24.2 Å². The minimum atomic E-state index is -0.518. The lowest BCUT2D eigenvalue weighted by molar-refractivity contribution is 0.00578. The summed E-state index contributed by atoms with van der Waals surface area (Å²) in [6.07, 6.45) is 0. The summed E-state index contributed by atoms with van der Waals surface area (Å²) in [5.74, 6) is -0.585. The molecule has 0 atom stereocenters. The summed E-state index contributed by atoms with van der Waals surface area (Å²) in [7, 11) is -0.518. The molecule has 0 unspecified atom stereocenters. The first-order chi connectivity index (χ1) is 12.5. The summed E-state index contributed by atoms with van der Waals surface area (Å²) in [4.78, 5) is 12.6. The van der Waals surface area contributed by atoms with Crippen molar-refractivity contribution >= 4 is 35.8 Å². The van der Waals surface area contributed by atoms with Gasteiger partial charge in [0.05, 0.1) is 16.8 Å². The van der Waals surface area contributed by atoms with Crippen LogP contribution in [0.15, 0.2) is 36.4 Å². The van der Waals surface area contributed by atoms with Gasteiger partial charge in [0.1, 0.15) is 5.75 Å². The van der Waals surface area contributed by atoms with E-state index in [9.17, 15) is 9.90 Å². The molecule has 2 aromatic rings. The van der Waals surface area contributed by atoms with E-state index in [0.717, 1.165) is 11.0 Å². The SMILES string of the molecule is Cc1c(NC(=O)c2ccc(Cl)cc2O)cccc1B1OC(C)(C)C(C)(C)O1. The van der Waals surface area contributed by atoms with E-state index in [2.05, 4.69) is 5.32 Å². The number of phenols is 1. The highest BCUT2D eigenvalue weighted by molar-refractivity contribution is 6.62. The highest BCUT2D eigenvalue weighted by atomic mass is 35.5. The maximum Gasteiger partial charge on any atom is 0.495 e. The maximum absolute atomic E-state index is 12.6. The van der Waals surface area contributed by atoms with E-state index in [1.165, 1.54) is 12.1 Å². The predicted molar refractivity (Wildman–Crippen MR) is 108 cm³/mol. The Morgan fingerprint density at radius 2 is 1.74 bits per heavy atom. The van der Waals surface area contributed by atoms with Crippen LogP contribution in [0.4, 0.5) is 5.69 Å². The molecule has 5 nitrogen and oxygen atoms in total. The number of carbonyl (C=O) groups is 1. The molecule has 1 heterocycles. The summed E-state index contributed by atoms with van der Waals surface area (Å²) in [6, 6.07) is 9.95. The topological polar surface area (TPSA) is 67.8 Å². The number of carbonyl (C=O) groups excluding carboxylic acids is 1. The summed E-state index contributed by atoms with van der Waals surface area (Å²) >= 11 is 5.83. The minimum Gasteiger partial charge on any atom is -0.507 e. The van der Waals surface area contributed by atoms with Gasteiger partial charge in [0.15, 0.2) is 0 Å². The van der Waals surface area contributed by atoms with Crippen molar-refractivity contribution in [2.75, 3.05) is 5.32 Å². The summed E-state index contributed by atoms with van der Waals surface area (Å²) in [6.45, 7) is 9.89. The van der Waals surface area contributed by atoms with Crippen LogP contribution < -0.4 is 10.8 Å². The molecule has 0 saturated carbocycles. The molecule has 2 aromatic carbocycles. The molecule has 142 valence electrons. The highest BCUT2D eigenvalue weighted by Crippen LogP contribution is 2.37. The van der Waals surface area contributed by atoms with Crippen LogP contribution in [-0.2, 0) is 9.31 Å². The summed E-state index contributed by atoms with van der Waals surface area (Å²) < 4.78 is 12.2. The molecule has 1 saturated heterocycles. The van der Waals surface area contributed by atoms with Gasteiger partial charge >= 0.3 is 7.12 Å². The Morgan fingerprint density at radius 1 is 1.11 bits per heavy atom. The molecule has 3 rings (SSSR count). The third-order valence-corrected chi connectivity index (χ3v) is 5.57. The van der Waals surface area contributed by atoms with Gasteiger partial charge in [-0.1, -0.05) is 23.7 Å². The molecular weight excluding hydrogens is 364 g/mol. The molecule has 0 aliphatic carbocycles. The van der Waals surface area contributed by atoms with Crippen molar-refractivity contribution in [3.05, 3.63) is 52.5 Å². The van der Waals surface area contributed by atoms with Crippen molar-refractivity contribution < 1.29 is 19.2 Å². The fraction of sp³-hybridized carbons (Fsp3) is 0.350. The van der Waals surface area contributed by atoms with Gasteiger partial charge in [0.25, 0.3) is 5.91 Å². The molecule has 0 spiro atoms. The van der Waals surface area contributed by atoms with E-state index in [4.69, 9.17) is 20.9 Å². The van der Waals surface area contributed by atoms with Gasteiger partial charge in [-0.15, -0.1) is 0 Å². The third kappa shape index (κ3) is 3.70. The number of phenolic OH excluding ortho intramolecular Hbond substituents is 1. The van der Waals surface area contributed by atoms with Gasteiger partial charge in [-0.05, 0) is 69.9 Å². The Balaban J connectivity index is 1.87. The van der Waals surface area contributed by atoms with Crippen LogP contribution in [0.5, 0.6) is 5.75 Å². The first-order valence-electron chi connectivity index (χ1n) is 8.77. The molecule has 0 bridgehead atoms. The number of halogens is 1. The molecule has 2 N–H and O–H groups in total. The molecule has 27 heavy (non-hydrogen) atoms. The second kappa shape index (κ2) is 6.86. The lowest BCUT2D eigenvalue weighted by Crippen LogP contribution is -2.41. The molecule has 1 amide bonds. The number of rotatable bonds is 3. The largest absolute Gasteiger partial charge is 0.507 e. The zero-order valence-corrected chi connectivity index (χ0v) is 16.8. The van der Waals surface area contributed by atoms with E-state index in [1.807, 2.05) is 46.8 Å². The molecule has 7 heteroatoms. The van der Waals surface area contributed by atoms with Crippen LogP contribution in [-0.4, -0.2) is 29.3 Å². The molecule has 1 aliphatic heterocycles. The van der Waals surface area contributed by atoms with E-state index in [1.54, 1.807) is 12.1 Å². The standard InChI is InChI=1S/C20H23BClNO4/c1-12-15(21-26-19(2,3)20(4,5)27-21)7-6-8-16(12)23-18(25)14-10-9-13(22)11-17(14)24/h6-11,24H,1-5H3,(H,23,25). The van der Waals surface area contributed by atoms with Crippen LogP contribution in [0.25, 0.3) is 0 Å². The molecule has 0 radical (unpaired) electrons. The second-order valence-electron chi connectivity index (χ2n) is 7.72. The fourth-order valence-corrected chi connectivity index (χ4v) is 3.07. The molecule has 1 aliphatic rings. The van der Waals surface area contributed by atoms with E-state index in [-0.39, 0.29) is 11.3 Å². The molecular formula is C20H23BClNO4. The van der Waals surface area contributed by atoms with Crippen molar-refractivity contribution in [2.24, 2.45) is 0 Å². The Kier molecular flexibility index (Phi) is 5.01. The average molecular weight is 388 g/mol. The smallest absolute Gasteiger partial charge is 0.495 e. The van der Waals surface area contributed by atoms with E-state index in [0.29, 0.717) is 10.7 Å². The second-order valence-corrected chi connectivity index (χ2v) is 8.16. The van der Waals surface area contributed by atoms with Crippen molar-refractivity contribution in [1.82, 2.24) is 0 Å². The molecule has 0 aromatic heterocycles. The van der Waals surface area contributed by atoms with Crippen LogP contribution >= 0.6 is 11.6 Å². The van der Waals surface area contributed by atoms with Gasteiger partial charge < -0.3 is 19.7 Å². The van der Waals surface area contributed by atoms with Gasteiger partial charge in [0, 0.05) is 10.7 Å². The third-order valence-electron chi connectivity index (χ3n) is 5.34. The average Bonchev–Trinajstić information content (AvgIpc) is 2.77. The van der Waals surface area contributed by atoms with Crippen molar-refractivity contribution in [3.8, 4) is 5.75 Å². The zero-order valence-electron chi connectivity index (χ0n) is 16.1. The Morgan fingerprint density at radius 3 is 2.33 bits per heavy atom. The van der Waals surface area contributed by atoms with Crippen LogP contribution in [0.1, 0.15) is 43.6 Å².